The topological polar surface area (TPSA) is 59.6 Å². The second kappa shape index (κ2) is 11.7. The van der Waals surface area contributed by atoms with Crippen molar-refractivity contribution in [3.8, 4) is 5.75 Å². The Morgan fingerprint density at radius 1 is 1.00 bits per heavy atom. The van der Waals surface area contributed by atoms with Gasteiger partial charge >= 0.3 is 0 Å². The van der Waals surface area contributed by atoms with Crippen molar-refractivity contribution in [1.82, 2.24) is 5.32 Å². The fourth-order valence-electron chi connectivity index (χ4n) is 2.31. The molecule has 0 radical (unpaired) electrons. The quantitative estimate of drug-likeness (QED) is 0.287. The highest BCUT2D eigenvalue weighted by Crippen LogP contribution is 2.12. The summed E-state index contributed by atoms with van der Waals surface area (Å²) in [7, 11) is 1.68. The number of aliphatic imine (C=N–C) groups is 1. The number of guanidine groups is 1. The van der Waals surface area contributed by atoms with Gasteiger partial charge in [-0.2, -0.15) is 0 Å². The fourth-order valence-corrected chi connectivity index (χ4v) is 2.31. The van der Waals surface area contributed by atoms with Crippen LogP contribution in [-0.4, -0.2) is 26.2 Å². The molecule has 0 unspecified atom stereocenters. The molecule has 0 fully saturated rings. The zero-order chi connectivity index (χ0) is 16.3. The average Bonchev–Trinajstić information content (AvgIpc) is 2.60. The number of nitrogens with zero attached hydrogens (tertiary/aromatic N) is 1. The van der Waals surface area contributed by atoms with E-state index >= 15 is 0 Å². The van der Waals surface area contributed by atoms with Crippen LogP contribution in [0.1, 0.15) is 17.5 Å². The molecule has 0 aliphatic rings. The molecule has 0 saturated heterocycles. The van der Waals surface area contributed by atoms with Gasteiger partial charge in [0.05, 0.1) is 7.11 Å². The maximum absolute atomic E-state index is 5.88. The molecular formula is C19H26IN3O. The molecular weight excluding hydrogens is 413 g/mol. The molecule has 0 amide bonds. The van der Waals surface area contributed by atoms with Gasteiger partial charge in [0, 0.05) is 13.1 Å². The maximum atomic E-state index is 5.88. The van der Waals surface area contributed by atoms with Gasteiger partial charge in [-0.1, -0.05) is 42.5 Å². The number of hydrogen-bond acceptors (Lipinski definition) is 2. The Balaban J connectivity index is 0.00000288. The monoisotopic (exact) mass is 439 g/mol. The lowest BCUT2D eigenvalue weighted by Gasteiger charge is -2.06. The average molecular weight is 439 g/mol. The summed E-state index contributed by atoms with van der Waals surface area (Å²) in [6.45, 7) is 1.54. The van der Waals surface area contributed by atoms with Gasteiger partial charge in [0.2, 0.25) is 0 Å². The molecule has 0 saturated carbocycles. The number of nitrogens with two attached hydrogens (primary N) is 1. The van der Waals surface area contributed by atoms with E-state index in [0.717, 1.165) is 38.1 Å². The third-order valence-corrected chi connectivity index (χ3v) is 3.63. The summed E-state index contributed by atoms with van der Waals surface area (Å²) in [5.41, 5.74) is 8.46. The summed E-state index contributed by atoms with van der Waals surface area (Å²) in [5.74, 6) is 1.41. The second-order valence-electron chi connectivity index (χ2n) is 5.38. The van der Waals surface area contributed by atoms with E-state index in [1.165, 1.54) is 11.1 Å². The van der Waals surface area contributed by atoms with Gasteiger partial charge in [-0.15, -0.1) is 24.0 Å². The number of hydrogen-bond donors (Lipinski definition) is 2. The zero-order valence-corrected chi connectivity index (χ0v) is 16.4. The minimum atomic E-state index is 0. The van der Waals surface area contributed by atoms with E-state index in [4.69, 9.17) is 10.5 Å². The molecule has 0 aromatic heterocycles. The molecule has 0 atom stereocenters. The van der Waals surface area contributed by atoms with Gasteiger partial charge in [-0.05, 0) is 42.5 Å². The Labute approximate surface area is 161 Å². The number of benzene rings is 2. The molecule has 2 rings (SSSR count). The molecule has 0 heterocycles. The van der Waals surface area contributed by atoms with Gasteiger partial charge in [0.15, 0.2) is 5.96 Å². The van der Waals surface area contributed by atoms with E-state index in [2.05, 4.69) is 34.6 Å². The van der Waals surface area contributed by atoms with E-state index in [0.29, 0.717) is 5.96 Å². The van der Waals surface area contributed by atoms with E-state index in [1.807, 2.05) is 30.3 Å². The Hall–Kier alpha value is -1.76. The summed E-state index contributed by atoms with van der Waals surface area (Å²) in [6, 6.07) is 18.5. The normalized spacial score (nSPS) is 10.8. The molecule has 2 aromatic rings. The van der Waals surface area contributed by atoms with Crippen LogP contribution in [0.15, 0.2) is 59.6 Å². The predicted molar refractivity (Wildman–Crippen MR) is 111 cm³/mol. The molecule has 24 heavy (non-hydrogen) atoms. The summed E-state index contributed by atoms with van der Waals surface area (Å²) < 4.78 is 5.15. The lowest BCUT2D eigenvalue weighted by molar-refractivity contribution is 0.414. The SMILES string of the molecule is COc1ccc(CCCN=C(N)NCCc2ccccc2)cc1.I. The van der Waals surface area contributed by atoms with Crippen molar-refractivity contribution >= 4 is 29.9 Å². The third kappa shape index (κ3) is 7.68. The van der Waals surface area contributed by atoms with Crippen LogP contribution in [0, 0.1) is 0 Å². The number of aryl methyl sites for hydroxylation is 1. The molecule has 0 aliphatic heterocycles. The first-order valence-electron chi connectivity index (χ1n) is 7.98. The third-order valence-electron chi connectivity index (χ3n) is 3.63. The van der Waals surface area contributed by atoms with Crippen LogP contribution in [0.5, 0.6) is 5.75 Å². The number of methoxy groups -OCH3 is 1. The minimum Gasteiger partial charge on any atom is -0.497 e. The Morgan fingerprint density at radius 2 is 1.67 bits per heavy atom. The molecule has 0 spiro atoms. The van der Waals surface area contributed by atoms with Crippen molar-refractivity contribution < 1.29 is 4.74 Å². The highest BCUT2D eigenvalue weighted by Gasteiger charge is 1.96. The number of nitrogens with one attached hydrogen (secondary N) is 1. The first-order valence-corrected chi connectivity index (χ1v) is 7.98. The zero-order valence-electron chi connectivity index (χ0n) is 14.1. The molecule has 0 bridgehead atoms. The fraction of sp³-hybridized carbons (Fsp3) is 0.316. The second-order valence-corrected chi connectivity index (χ2v) is 5.38. The van der Waals surface area contributed by atoms with Gasteiger partial charge in [0.25, 0.3) is 0 Å². The first kappa shape index (κ1) is 20.3. The van der Waals surface area contributed by atoms with Crippen LogP contribution >= 0.6 is 24.0 Å². The van der Waals surface area contributed by atoms with Gasteiger partial charge in [0.1, 0.15) is 5.75 Å². The molecule has 3 N–H and O–H groups in total. The first-order chi connectivity index (χ1) is 11.3. The minimum absolute atomic E-state index is 0. The van der Waals surface area contributed by atoms with E-state index in [9.17, 15) is 0 Å². The van der Waals surface area contributed by atoms with Crippen LogP contribution in [0.2, 0.25) is 0 Å². The molecule has 0 aliphatic carbocycles. The maximum Gasteiger partial charge on any atom is 0.188 e. The highest BCUT2D eigenvalue weighted by molar-refractivity contribution is 14.0. The highest BCUT2D eigenvalue weighted by atomic mass is 127. The lowest BCUT2D eigenvalue weighted by atomic mass is 10.1. The standard InChI is InChI=1S/C19H25N3O.HI/c1-23-18-11-9-17(10-12-18)8-5-14-21-19(20)22-15-13-16-6-3-2-4-7-16;/h2-4,6-7,9-12H,5,8,13-15H2,1H3,(H3,20,21,22);1H. The predicted octanol–water partition coefficient (Wildman–Crippen LogP) is 3.39. The Kier molecular flexibility index (Phi) is 9.91. The van der Waals surface area contributed by atoms with E-state index in [-0.39, 0.29) is 24.0 Å². The molecule has 5 heteroatoms. The van der Waals surface area contributed by atoms with Gasteiger partial charge in [-0.25, -0.2) is 0 Å². The smallest absolute Gasteiger partial charge is 0.188 e. The largest absolute Gasteiger partial charge is 0.497 e. The number of halogens is 1. The van der Waals surface area contributed by atoms with Crippen molar-refractivity contribution in [3.63, 3.8) is 0 Å². The lowest BCUT2D eigenvalue weighted by Crippen LogP contribution is -2.33. The summed E-state index contributed by atoms with van der Waals surface area (Å²) in [4.78, 5) is 4.36. The van der Waals surface area contributed by atoms with Crippen LogP contribution in [0.25, 0.3) is 0 Å². The Bertz CT molecular complexity index is 600. The van der Waals surface area contributed by atoms with E-state index < -0.39 is 0 Å². The summed E-state index contributed by atoms with van der Waals surface area (Å²) >= 11 is 0. The molecule has 2 aromatic carbocycles. The van der Waals surface area contributed by atoms with Crippen molar-refractivity contribution in [2.24, 2.45) is 10.7 Å². The van der Waals surface area contributed by atoms with Crippen molar-refractivity contribution in [2.45, 2.75) is 19.3 Å². The van der Waals surface area contributed by atoms with E-state index in [1.54, 1.807) is 7.11 Å². The van der Waals surface area contributed by atoms with Crippen molar-refractivity contribution in [2.75, 3.05) is 20.2 Å². The van der Waals surface area contributed by atoms with Crippen LogP contribution < -0.4 is 15.8 Å². The van der Waals surface area contributed by atoms with Gasteiger partial charge < -0.3 is 15.8 Å². The Morgan fingerprint density at radius 3 is 2.33 bits per heavy atom. The summed E-state index contributed by atoms with van der Waals surface area (Å²) in [6.07, 6.45) is 2.92. The van der Waals surface area contributed by atoms with Crippen molar-refractivity contribution in [3.05, 3.63) is 65.7 Å². The molecule has 130 valence electrons. The van der Waals surface area contributed by atoms with Crippen LogP contribution in [-0.2, 0) is 12.8 Å². The van der Waals surface area contributed by atoms with Crippen LogP contribution in [0.4, 0.5) is 0 Å². The summed E-state index contributed by atoms with van der Waals surface area (Å²) in [5, 5.41) is 3.16. The number of rotatable bonds is 8. The van der Waals surface area contributed by atoms with Crippen LogP contribution in [0.3, 0.4) is 0 Å². The van der Waals surface area contributed by atoms with Gasteiger partial charge in [-0.3, -0.25) is 4.99 Å². The number of ether oxygens (including phenoxy) is 1. The van der Waals surface area contributed by atoms with Crippen molar-refractivity contribution in [1.29, 1.82) is 0 Å². The molecule has 4 nitrogen and oxygen atoms in total.